The lowest BCUT2D eigenvalue weighted by molar-refractivity contribution is -0.138. The fourth-order valence-corrected chi connectivity index (χ4v) is 5.52. The van der Waals surface area contributed by atoms with Gasteiger partial charge in [0.1, 0.15) is 10.8 Å². The third-order valence-electron chi connectivity index (χ3n) is 7.18. The lowest BCUT2D eigenvalue weighted by Gasteiger charge is -2.28. The predicted molar refractivity (Wildman–Crippen MR) is 141 cm³/mol. The highest BCUT2D eigenvalue weighted by Crippen LogP contribution is 2.47. The maximum atomic E-state index is 11.6. The number of nitrogens with one attached hydrogen (secondary N) is 1. The van der Waals surface area contributed by atoms with Crippen LogP contribution in [0.3, 0.4) is 0 Å². The summed E-state index contributed by atoms with van der Waals surface area (Å²) in [6, 6.07) is 12.0. The first kappa shape index (κ1) is 24.3. The summed E-state index contributed by atoms with van der Waals surface area (Å²) < 4.78 is 5.68. The van der Waals surface area contributed by atoms with Crippen molar-refractivity contribution >= 4 is 40.7 Å². The summed E-state index contributed by atoms with van der Waals surface area (Å²) in [6.45, 7) is 7.53. The molecule has 0 amide bonds. The highest BCUT2D eigenvalue weighted by molar-refractivity contribution is 6.33. The molecule has 2 aliphatic rings. The van der Waals surface area contributed by atoms with E-state index < -0.39 is 11.4 Å². The van der Waals surface area contributed by atoms with E-state index in [1.54, 1.807) is 13.3 Å². The van der Waals surface area contributed by atoms with Crippen LogP contribution < -0.4 is 15.0 Å². The third-order valence-corrected chi connectivity index (χ3v) is 7.45. The normalized spacial score (nSPS) is 19.1. The second kappa shape index (κ2) is 9.59. The van der Waals surface area contributed by atoms with Gasteiger partial charge in [-0.1, -0.05) is 43.6 Å². The zero-order valence-electron chi connectivity index (χ0n) is 20.7. The summed E-state index contributed by atoms with van der Waals surface area (Å²) in [4.78, 5) is 25.2. The largest absolute Gasteiger partial charge is 0.495 e. The van der Waals surface area contributed by atoms with E-state index in [0.29, 0.717) is 23.3 Å². The monoisotopic (exact) mass is 507 g/mol. The lowest BCUT2D eigenvalue weighted by atomic mass is 9.81. The maximum Gasteiger partial charge on any atom is 0.304 e. The molecule has 1 unspecified atom stereocenters. The number of hydrogen-bond donors (Lipinski definition) is 2. The molecule has 0 spiro atoms. The summed E-state index contributed by atoms with van der Waals surface area (Å²) in [6.07, 6.45) is 2.58. The van der Waals surface area contributed by atoms with Gasteiger partial charge in [-0.15, -0.1) is 0 Å². The number of para-hydroxylation sites is 1. The molecular formula is C27H30ClN5O3. The molecule has 1 aromatic heterocycles. The van der Waals surface area contributed by atoms with E-state index in [1.165, 1.54) is 11.1 Å². The van der Waals surface area contributed by atoms with Crippen LogP contribution in [0.4, 0.5) is 23.1 Å². The van der Waals surface area contributed by atoms with Crippen molar-refractivity contribution in [3.63, 3.8) is 0 Å². The lowest BCUT2D eigenvalue weighted by Crippen LogP contribution is -2.31. The average molecular weight is 508 g/mol. The van der Waals surface area contributed by atoms with E-state index in [2.05, 4.69) is 34.3 Å². The zero-order chi connectivity index (χ0) is 25.4. The first-order valence-electron chi connectivity index (χ1n) is 12.1. The SMILES string of the molecule is CCN1CCc2cc(OC)c(Nc3ncc(Cl)c(N4CC(C)(CC(=O)O)c5ccccc54)n3)cc2C1. The number of benzene rings is 2. The highest BCUT2D eigenvalue weighted by Gasteiger charge is 2.42. The molecule has 5 rings (SSSR count). The number of methoxy groups -OCH3 is 1. The van der Waals surface area contributed by atoms with Crippen LogP contribution >= 0.6 is 11.6 Å². The Kier molecular flexibility index (Phi) is 6.49. The molecule has 0 saturated heterocycles. The smallest absolute Gasteiger partial charge is 0.304 e. The van der Waals surface area contributed by atoms with Crippen LogP contribution in [-0.2, 0) is 23.2 Å². The molecule has 3 aromatic rings. The highest BCUT2D eigenvalue weighted by atomic mass is 35.5. The van der Waals surface area contributed by atoms with Crippen LogP contribution in [0.15, 0.2) is 42.6 Å². The first-order valence-corrected chi connectivity index (χ1v) is 12.5. The number of carboxylic acid groups (broad SMARTS) is 1. The minimum absolute atomic E-state index is 0.00935. The molecule has 8 nitrogen and oxygen atoms in total. The van der Waals surface area contributed by atoms with E-state index in [1.807, 2.05) is 36.1 Å². The van der Waals surface area contributed by atoms with Gasteiger partial charge in [0.25, 0.3) is 0 Å². The number of anilines is 4. The summed E-state index contributed by atoms with van der Waals surface area (Å²) >= 11 is 6.59. The number of carboxylic acids is 1. The number of halogens is 1. The molecule has 0 radical (unpaired) electrons. The average Bonchev–Trinajstić information content (AvgIpc) is 3.16. The van der Waals surface area contributed by atoms with Gasteiger partial charge in [-0.3, -0.25) is 9.69 Å². The molecule has 9 heteroatoms. The number of fused-ring (bicyclic) bond motifs is 2. The van der Waals surface area contributed by atoms with Gasteiger partial charge in [0.15, 0.2) is 5.82 Å². The Morgan fingerprint density at radius 2 is 2.08 bits per heavy atom. The van der Waals surface area contributed by atoms with E-state index in [-0.39, 0.29) is 6.42 Å². The predicted octanol–water partition coefficient (Wildman–Crippen LogP) is 5.14. The van der Waals surface area contributed by atoms with Gasteiger partial charge in [-0.25, -0.2) is 4.98 Å². The van der Waals surface area contributed by atoms with Crippen molar-refractivity contribution in [3.8, 4) is 5.75 Å². The van der Waals surface area contributed by atoms with Crippen molar-refractivity contribution in [1.82, 2.24) is 14.9 Å². The van der Waals surface area contributed by atoms with Crippen molar-refractivity contribution < 1.29 is 14.6 Å². The molecule has 2 aromatic carbocycles. The Bertz CT molecular complexity index is 1320. The topological polar surface area (TPSA) is 90.8 Å². The third kappa shape index (κ3) is 4.47. The van der Waals surface area contributed by atoms with Crippen LogP contribution in [0, 0.1) is 0 Å². The van der Waals surface area contributed by atoms with Crippen LogP contribution in [0.2, 0.25) is 5.02 Å². The molecule has 1 atom stereocenters. The van der Waals surface area contributed by atoms with Gasteiger partial charge in [0.05, 0.1) is 25.4 Å². The number of hydrogen-bond acceptors (Lipinski definition) is 7. The number of ether oxygens (including phenoxy) is 1. The van der Waals surface area contributed by atoms with Crippen molar-refractivity contribution in [2.45, 2.75) is 38.6 Å². The first-order chi connectivity index (χ1) is 17.3. The van der Waals surface area contributed by atoms with Crippen LogP contribution in [0.1, 0.15) is 37.0 Å². The Hall–Kier alpha value is -3.36. The molecule has 3 heterocycles. The molecule has 0 fully saturated rings. The van der Waals surface area contributed by atoms with Crippen molar-refractivity contribution in [2.75, 3.05) is 37.0 Å². The standard InChI is InChI=1S/C27H30ClN5O3/c1-4-32-10-9-17-12-23(36-3)21(11-18(17)15-32)30-26-29-14-20(28)25(31-26)33-16-27(2,13-24(34)35)19-7-5-6-8-22(19)33/h5-8,11-12,14H,4,9-10,13,15-16H2,1-3H3,(H,34,35)(H,29,30,31). The minimum Gasteiger partial charge on any atom is -0.495 e. The molecule has 0 aliphatic carbocycles. The van der Waals surface area contributed by atoms with Gasteiger partial charge in [-0.2, -0.15) is 4.98 Å². The van der Waals surface area contributed by atoms with Crippen molar-refractivity contribution in [2.24, 2.45) is 0 Å². The number of likely N-dealkylation sites (N-methyl/N-ethyl adjacent to an activating group) is 1. The van der Waals surface area contributed by atoms with Crippen LogP contribution in [-0.4, -0.2) is 52.7 Å². The quantitative estimate of drug-likeness (QED) is 0.454. The molecule has 2 aliphatic heterocycles. The molecule has 188 valence electrons. The van der Waals surface area contributed by atoms with Gasteiger partial charge < -0.3 is 20.1 Å². The molecule has 0 saturated carbocycles. The van der Waals surface area contributed by atoms with E-state index in [9.17, 15) is 9.90 Å². The molecule has 0 bridgehead atoms. The minimum atomic E-state index is -0.841. The van der Waals surface area contributed by atoms with Crippen molar-refractivity contribution in [3.05, 3.63) is 64.3 Å². The maximum absolute atomic E-state index is 11.6. The molecule has 2 N–H and O–H groups in total. The number of aromatic nitrogens is 2. The van der Waals surface area contributed by atoms with E-state index in [4.69, 9.17) is 21.3 Å². The fourth-order valence-electron chi connectivity index (χ4n) is 5.32. The van der Waals surface area contributed by atoms with Gasteiger partial charge in [0, 0.05) is 30.7 Å². The van der Waals surface area contributed by atoms with Gasteiger partial charge in [-0.05, 0) is 47.9 Å². The summed E-state index contributed by atoms with van der Waals surface area (Å²) in [5, 5.41) is 13.3. The van der Waals surface area contributed by atoms with Crippen LogP contribution in [0.5, 0.6) is 5.75 Å². The Morgan fingerprint density at radius 3 is 2.83 bits per heavy atom. The van der Waals surface area contributed by atoms with Gasteiger partial charge >= 0.3 is 5.97 Å². The Morgan fingerprint density at radius 1 is 1.28 bits per heavy atom. The van der Waals surface area contributed by atoms with E-state index >= 15 is 0 Å². The Labute approximate surface area is 215 Å². The fraction of sp³-hybridized carbons (Fsp3) is 0.370. The number of aliphatic carboxylic acids is 1. The molecule has 36 heavy (non-hydrogen) atoms. The summed E-state index contributed by atoms with van der Waals surface area (Å²) in [7, 11) is 1.66. The molecular weight excluding hydrogens is 478 g/mol. The summed E-state index contributed by atoms with van der Waals surface area (Å²) in [5.41, 5.74) is 4.65. The second-order valence-electron chi connectivity index (χ2n) is 9.66. The number of rotatable bonds is 7. The van der Waals surface area contributed by atoms with Crippen LogP contribution in [0.25, 0.3) is 0 Å². The number of carbonyl (C=O) groups is 1. The van der Waals surface area contributed by atoms with E-state index in [0.717, 1.165) is 48.7 Å². The second-order valence-corrected chi connectivity index (χ2v) is 10.1. The van der Waals surface area contributed by atoms with Gasteiger partial charge in [0.2, 0.25) is 5.95 Å². The summed E-state index contributed by atoms with van der Waals surface area (Å²) in [5.74, 6) is 0.815. The van der Waals surface area contributed by atoms with Crippen molar-refractivity contribution in [1.29, 1.82) is 0 Å². The Balaban J connectivity index is 1.49. The number of nitrogens with zero attached hydrogens (tertiary/aromatic N) is 4. The zero-order valence-corrected chi connectivity index (χ0v) is 21.5.